The lowest BCUT2D eigenvalue weighted by atomic mass is 10.0. The average molecular weight is 377 g/mol. The van der Waals surface area contributed by atoms with E-state index in [-0.39, 0.29) is 6.04 Å². The number of nitrogens with zero attached hydrogens (tertiary/aromatic N) is 3. The summed E-state index contributed by atoms with van der Waals surface area (Å²) in [6.45, 7) is 9.90. The van der Waals surface area contributed by atoms with Gasteiger partial charge in [0.1, 0.15) is 5.75 Å². The first kappa shape index (κ1) is 21.5. The Bertz CT molecular complexity index is 583. The molecular weight excluding hydrogens is 340 g/mol. The van der Waals surface area contributed by atoms with Crippen LogP contribution >= 0.6 is 0 Å². The minimum Gasteiger partial charge on any atom is -0.497 e. The molecule has 0 aromatic heterocycles. The molecular formula is C21H36N4O2. The minimum atomic E-state index is 0.259. The van der Waals surface area contributed by atoms with Gasteiger partial charge in [0, 0.05) is 39.7 Å². The smallest absolute Gasteiger partial charge is 0.193 e. The van der Waals surface area contributed by atoms with Crippen molar-refractivity contribution in [3.63, 3.8) is 0 Å². The van der Waals surface area contributed by atoms with Gasteiger partial charge >= 0.3 is 0 Å². The van der Waals surface area contributed by atoms with E-state index in [0.717, 1.165) is 57.5 Å². The molecule has 1 aliphatic rings. The van der Waals surface area contributed by atoms with Crippen molar-refractivity contribution >= 4 is 5.96 Å². The standard InChI is InChI=1S/C21H36N4O2/c1-6-25(7-2)20(18-9-8-10-19(13-18)26-5)14-23-21(22-3)24(4)15-17-11-12-27-16-17/h8-10,13,17,20H,6-7,11-12,14-16H2,1-5H3,(H,22,23). The minimum absolute atomic E-state index is 0.259. The first-order valence-electron chi connectivity index (χ1n) is 10.00. The summed E-state index contributed by atoms with van der Waals surface area (Å²) in [5.74, 6) is 2.42. The summed E-state index contributed by atoms with van der Waals surface area (Å²) in [6, 6.07) is 8.62. The van der Waals surface area contributed by atoms with E-state index in [4.69, 9.17) is 9.47 Å². The zero-order chi connectivity index (χ0) is 19.6. The molecule has 1 aromatic carbocycles. The van der Waals surface area contributed by atoms with Crippen LogP contribution in [-0.2, 0) is 4.74 Å². The van der Waals surface area contributed by atoms with Crippen molar-refractivity contribution in [1.82, 2.24) is 15.1 Å². The number of guanidine groups is 1. The molecule has 1 aliphatic heterocycles. The second-order valence-electron chi connectivity index (χ2n) is 7.05. The maximum Gasteiger partial charge on any atom is 0.193 e. The van der Waals surface area contributed by atoms with Gasteiger partial charge in [-0.15, -0.1) is 0 Å². The predicted molar refractivity (Wildman–Crippen MR) is 112 cm³/mol. The van der Waals surface area contributed by atoms with Gasteiger partial charge < -0.3 is 19.7 Å². The first-order valence-corrected chi connectivity index (χ1v) is 10.00. The number of rotatable bonds is 9. The van der Waals surface area contributed by atoms with Crippen LogP contribution < -0.4 is 10.1 Å². The number of hydrogen-bond donors (Lipinski definition) is 1. The van der Waals surface area contributed by atoms with Gasteiger partial charge in [-0.2, -0.15) is 0 Å². The third-order valence-corrected chi connectivity index (χ3v) is 5.31. The Morgan fingerprint density at radius 3 is 2.74 bits per heavy atom. The molecule has 27 heavy (non-hydrogen) atoms. The summed E-state index contributed by atoms with van der Waals surface area (Å²) in [5, 5.41) is 3.58. The molecule has 0 radical (unpaired) electrons. The fourth-order valence-corrected chi connectivity index (χ4v) is 3.74. The van der Waals surface area contributed by atoms with E-state index in [1.165, 1.54) is 5.56 Å². The molecule has 1 aromatic rings. The Morgan fingerprint density at radius 1 is 1.37 bits per heavy atom. The summed E-state index contributed by atoms with van der Waals surface area (Å²) in [4.78, 5) is 9.16. The van der Waals surface area contributed by atoms with Gasteiger partial charge in [-0.25, -0.2) is 0 Å². The second-order valence-corrected chi connectivity index (χ2v) is 7.05. The van der Waals surface area contributed by atoms with Crippen LogP contribution in [0, 0.1) is 5.92 Å². The normalized spacial score (nSPS) is 18.6. The molecule has 1 fully saturated rings. The van der Waals surface area contributed by atoms with Crippen molar-refractivity contribution in [3.05, 3.63) is 29.8 Å². The molecule has 6 heteroatoms. The highest BCUT2D eigenvalue weighted by molar-refractivity contribution is 5.79. The molecule has 0 bridgehead atoms. The molecule has 1 N–H and O–H groups in total. The highest BCUT2D eigenvalue weighted by Gasteiger charge is 2.22. The number of hydrogen-bond acceptors (Lipinski definition) is 4. The van der Waals surface area contributed by atoms with E-state index in [9.17, 15) is 0 Å². The average Bonchev–Trinajstić information content (AvgIpc) is 3.20. The van der Waals surface area contributed by atoms with Crippen molar-refractivity contribution in [2.75, 3.05) is 60.6 Å². The van der Waals surface area contributed by atoms with Crippen molar-refractivity contribution in [2.45, 2.75) is 26.3 Å². The van der Waals surface area contributed by atoms with Gasteiger partial charge in [0.15, 0.2) is 5.96 Å². The lowest BCUT2D eigenvalue weighted by Crippen LogP contribution is -2.45. The van der Waals surface area contributed by atoms with Gasteiger partial charge in [0.25, 0.3) is 0 Å². The van der Waals surface area contributed by atoms with Crippen molar-refractivity contribution in [3.8, 4) is 5.75 Å². The van der Waals surface area contributed by atoms with E-state index in [1.807, 2.05) is 13.1 Å². The lowest BCUT2D eigenvalue weighted by Gasteiger charge is -2.32. The van der Waals surface area contributed by atoms with Crippen LogP contribution in [-0.4, -0.2) is 76.4 Å². The van der Waals surface area contributed by atoms with E-state index >= 15 is 0 Å². The zero-order valence-corrected chi connectivity index (χ0v) is 17.6. The fraction of sp³-hybridized carbons (Fsp3) is 0.667. The summed E-state index contributed by atoms with van der Waals surface area (Å²) < 4.78 is 10.9. The maximum absolute atomic E-state index is 5.50. The predicted octanol–water partition coefficient (Wildman–Crippen LogP) is 2.62. The number of aliphatic imine (C=N–C) groups is 1. The Balaban J connectivity index is 2.06. The number of methoxy groups -OCH3 is 1. The van der Waals surface area contributed by atoms with Crippen molar-refractivity contribution in [1.29, 1.82) is 0 Å². The molecule has 1 saturated heterocycles. The SMILES string of the molecule is CCN(CC)C(CNC(=NC)N(C)CC1CCOC1)c1cccc(OC)c1. The van der Waals surface area contributed by atoms with Crippen molar-refractivity contribution < 1.29 is 9.47 Å². The molecule has 2 unspecified atom stereocenters. The molecule has 152 valence electrons. The number of nitrogens with one attached hydrogen (secondary N) is 1. The van der Waals surface area contributed by atoms with Gasteiger partial charge in [-0.05, 0) is 37.2 Å². The highest BCUT2D eigenvalue weighted by atomic mass is 16.5. The van der Waals surface area contributed by atoms with Crippen LogP contribution in [0.25, 0.3) is 0 Å². The van der Waals surface area contributed by atoms with Crippen LogP contribution in [0.4, 0.5) is 0 Å². The van der Waals surface area contributed by atoms with E-state index < -0.39 is 0 Å². The second kappa shape index (κ2) is 11.1. The molecule has 0 spiro atoms. The monoisotopic (exact) mass is 376 g/mol. The summed E-state index contributed by atoms with van der Waals surface area (Å²) in [5.41, 5.74) is 1.26. The summed E-state index contributed by atoms with van der Waals surface area (Å²) >= 11 is 0. The van der Waals surface area contributed by atoms with E-state index in [2.05, 4.69) is 59.2 Å². The van der Waals surface area contributed by atoms with Crippen LogP contribution in [0.15, 0.2) is 29.3 Å². The summed E-state index contributed by atoms with van der Waals surface area (Å²) in [7, 11) is 5.67. The van der Waals surface area contributed by atoms with E-state index in [1.54, 1.807) is 7.11 Å². The Hall–Kier alpha value is -1.79. The first-order chi connectivity index (χ1) is 13.1. The molecule has 2 rings (SSSR count). The van der Waals surface area contributed by atoms with Crippen LogP contribution in [0.2, 0.25) is 0 Å². The largest absolute Gasteiger partial charge is 0.497 e. The molecule has 0 amide bonds. The van der Waals surface area contributed by atoms with E-state index in [0.29, 0.717) is 5.92 Å². The van der Waals surface area contributed by atoms with Crippen molar-refractivity contribution in [2.24, 2.45) is 10.9 Å². The molecule has 6 nitrogen and oxygen atoms in total. The van der Waals surface area contributed by atoms with Crippen LogP contribution in [0.3, 0.4) is 0 Å². The lowest BCUT2D eigenvalue weighted by molar-refractivity contribution is 0.181. The van der Waals surface area contributed by atoms with Gasteiger partial charge in [-0.3, -0.25) is 9.89 Å². The summed E-state index contributed by atoms with van der Waals surface area (Å²) in [6.07, 6.45) is 1.13. The van der Waals surface area contributed by atoms with Crippen LogP contribution in [0.1, 0.15) is 31.9 Å². The zero-order valence-electron chi connectivity index (χ0n) is 17.6. The molecule has 1 heterocycles. The third-order valence-electron chi connectivity index (χ3n) is 5.31. The number of ether oxygens (including phenoxy) is 2. The molecule has 0 aliphatic carbocycles. The topological polar surface area (TPSA) is 49.3 Å². The maximum atomic E-state index is 5.50. The van der Waals surface area contributed by atoms with Gasteiger partial charge in [0.2, 0.25) is 0 Å². The third kappa shape index (κ3) is 6.11. The number of benzene rings is 1. The number of likely N-dealkylation sites (N-methyl/N-ethyl adjacent to an activating group) is 1. The highest BCUT2D eigenvalue weighted by Crippen LogP contribution is 2.24. The quantitative estimate of drug-likeness (QED) is 0.530. The Kier molecular flexibility index (Phi) is 8.88. The molecule has 2 atom stereocenters. The Labute approximate surface area is 164 Å². The Morgan fingerprint density at radius 2 is 2.15 bits per heavy atom. The van der Waals surface area contributed by atoms with Gasteiger partial charge in [0.05, 0.1) is 19.8 Å². The van der Waals surface area contributed by atoms with Gasteiger partial charge in [-0.1, -0.05) is 26.0 Å². The fourth-order valence-electron chi connectivity index (χ4n) is 3.74. The molecule has 0 saturated carbocycles. The van der Waals surface area contributed by atoms with Crippen LogP contribution in [0.5, 0.6) is 5.75 Å².